The predicted octanol–water partition coefficient (Wildman–Crippen LogP) is 4.24. The van der Waals surface area contributed by atoms with Crippen LogP contribution >= 0.6 is 0 Å². The topological polar surface area (TPSA) is 49.4 Å². The maximum Gasteiger partial charge on any atom is 0.261 e. The van der Waals surface area contributed by atoms with Gasteiger partial charge in [0.15, 0.2) is 0 Å². The minimum Gasteiger partial charge on any atom is -0.372 e. The number of hydrogen-bond donors (Lipinski definition) is 1. The summed E-state index contributed by atoms with van der Waals surface area (Å²) in [7, 11) is -3.60. The van der Waals surface area contributed by atoms with Crippen molar-refractivity contribution in [3.05, 3.63) is 66.7 Å². The van der Waals surface area contributed by atoms with Gasteiger partial charge in [-0.2, -0.15) is 0 Å². The van der Waals surface area contributed by atoms with E-state index in [9.17, 15) is 8.42 Å². The summed E-state index contributed by atoms with van der Waals surface area (Å²) in [6, 6.07) is 20.5. The second-order valence-electron chi connectivity index (χ2n) is 6.36. The molecule has 4 nitrogen and oxygen atoms in total. The van der Waals surface area contributed by atoms with Gasteiger partial charge in [-0.25, -0.2) is 8.42 Å². The van der Waals surface area contributed by atoms with Gasteiger partial charge >= 0.3 is 0 Å². The molecule has 0 saturated carbocycles. The third-order valence-corrected chi connectivity index (χ3v) is 6.00. The Balaban J connectivity index is 1.57. The predicted molar refractivity (Wildman–Crippen MR) is 103 cm³/mol. The van der Waals surface area contributed by atoms with E-state index in [1.807, 2.05) is 54.6 Å². The Labute approximate surface area is 148 Å². The molecule has 1 fully saturated rings. The quantitative estimate of drug-likeness (QED) is 0.764. The molecule has 1 aliphatic heterocycles. The van der Waals surface area contributed by atoms with E-state index >= 15 is 0 Å². The molecular formula is C20H20N2O2S. The van der Waals surface area contributed by atoms with Gasteiger partial charge in [-0.3, -0.25) is 4.72 Å². The average molecular weight is 352 g/mol. The van der Waals surface area contributed by atoms with E-state index in [0.29, 0.717) is 5.69 Å². The second kappa shape index (κ2) is 6.41. The van der Waals surface area contributed by atoms with Gasteiger partial charge in [0.25, 0.3) is 10.0 Å². The summed E-state index contributed by atoms with van der Waals surface area (Å²) in [4.78, 5) is 2.59. The second-order valence-corrected chi connectivity index (χ2v) is 8.04. The summed E-state index contributed by atoms with van der Waals surface area (Å²) in [6.45, 7) is 2.14. The van der Waals surface area contributed by atoms with Gasteiger partial charge < -0.3 is 4.90 Å². The number of benzene rings is 3. The molecule has 0 amide bonds. The lowest BCUT2D eigenvalue weighted by molar-refractivity contribution is 0.601. The SMILES string of the molecule is O=S(=O)(Nc1ccc(N2CCCC2)cc1)c1ccc2ccccc2c1. The molecule has 0 aliphatic carbocycles. The highest BCUT2D eigenvalue weighted by molar-refractivity contribution is 7.92. The van der Waals surface area contributed by atoms with Crippen LogP contribution in [-0.4, -0.2) is 21.5 Å². The van der Waals surface area contributed by atoms with Crippen molar-refractivity contribution in [3.8, 4) is 0 Å². The first-order chi connectivity index (χ1) is 12.1. The van der Waals surface area contributed by atoms with Gasteiger partial charge in [0.05, 0.1) is 4.90 Å². The molecule has 0 unspecified atom stereocenters. The third kappa shape index (κ3) is 3.33. The molecule has 25 heavy (non-hydrogen) atoms. The van der Waals surface area contributed by atoms with Crippen LogP contribution in [0.1, 0.15) is 12.8 Å². The Morgan fingerprint density at radius 1 is 0.800 bits per heavy atom. The molecular weight excluding hydrogens is 332 g/mol. The van der Waals surface area contributed by atoms with Gasteiger partial charge in [-0.05, 0) is 60.0 Å². The zero-order valence-corrected chi connectivity index (χ0v) is 14.7. The fraction of sp³-hybridized carbons (Fsp3) is 0.200. The molecule has 3 aromatic carbocycles. The molecule has 4 rings (SSSR count). The van der Waals surface area contributed by atoms with Crippen LogP contribution < -0.4 is 9.62 Å². The third-order valence-electron chi connectivity index (χ3n) is 4.62. The largest absolute Gasteiger partial charge is 0.372 e. The Morgan fingerprint density at radius 2 is 1.48 bits per heavy atom. The molecule has 1 heterocycles. The van der Waals surface area contributed by atoms with Gasteiger partial charge in [-0.1, -0.05) is 30.3 Å². The summed E-state index contributed by atoms with van der Waals surface area (Å²) in [5, 5.41) is 1.94. The smallest absolute Gasteiger partial charge is 0.261 e. The fourth-order valence-corrected chi connectivity index (χ4v) is 4.36. The maximum atomic E-state index is 12.7. The minimum atomic E-state index is -3.60. The molecule has 0 atom stereocenters. The van der Waals surface area contributed by atoms with Crippen LogP contribution in [0.3, 0.4) is 0 Å². The highest BCUT2D eigenvalue weighted by Gasteiger charge is 2.16. The van der Waals surface area contributed by atoms with Gasteiger partial charge in [-0.15, -0.1) is 0 Å². The van der Waals surface area contributed by atoms with Gasteiger partial charge in [0.1, 0.15) is 0 Å². The van der Waals surface area contributed by atoms with E-state index in [0.717, 1.165) is 29.5 Å². The number of sulfonamides is 1. The van der Waals surface area contributed by atoms with Gasteiger partial charge in [0, 0.05) is 24.5 Å². The van der Waals surface area contributed by atoms with Crippen molar-refractivity contribution < 1.29 is 8.42 Å². The number of rotatable bonds is 4. The van der Waals surface area contributed by atoms with Crippen molar-refractivity contribution in [2.45, 2.75) is 17.7 Å². The van der Waals surface area contributed by atoms with Crippen molar-refractivity contribution in [1.29, 1.82) is 0 Å². The average Bonchev–Trinajstić information content (AvgIpc) is 3.16. The number of fused-ring (bicyclic) bond motifs is 1. The van der Waals surface area contributed by atoms with Crippen LogP contribution in [0.25, 0.3) is 10.8 Å². The number of nitrogens with one attached hydrogen (secondary N) is 1. The summed E-state index contributed by atoms with van der Waals surface area (Å²) in [5.41, 5.74) is 1.72. The minimum absolute atomic E-state index is 0.273. The van der Waals surface area contributed by atoms with Crippen LogP contribution in [0.5, 0.6) is 0 Å². The molecule has 5 heteroatoms. The molecule has 0 aromatic heterocycles. The zero-order chi connectivity index (χ0) is 17.3. The molecule has 1 saturated heterocycles. The summed E-state index contributed by atoms with van der Waals surface area (Å²) in [6.07, 6.45) is 2.44. The Hall–Kier alpha value is -2.53. The molecule has 0 spiro atoms. The van der Waals surface area contributed by atoms with Crippen LogP contribution in [0, 0.1) is 0 Å². The van der Waals surface area contributed by atoms with Crippen molar-refractivity contribution in [2.24, 2.45) is 0 Å². The first-order valence-corrected chi connectivity index (χ1v) is 9.97. The first-order valence-electron chi connectivity index (χ1n) is 8.48. The molecule has 0 bridgehead atoms. The first kappa shape index (κ1) is 16.0. The summed E-state index contributed by atoms with van der Waals surface area (Å²) >= 11 is 0. The van der Waals surface area contributed by atoms with Gasteiger partial charge in [0.2, 0.25) is 0 Å². The number of anilines is 2. The molecule has 1 aliphatic rings. The van der Waals surface area contributed by atoms with Crippen molar-refractivity contribution >= 4 is 32.2 Å². The van der Waals surface area contributed by atoms with E-state index < -0.39 is 10.0 Å². The molecule has 0 radical (unpaired) electrons. The molecule has 1 N–H and O–H groups in total. The lowest BCUT2D eigenvalue weighted by Crippen LogP contribution is -2.17. The fourth-order valence-electron chi connectivity index (χ4n) is 3.26. The standard InChI is InChI=1S/C20H20N2O2S/c23-25(24,20-12-7-16-5-1-2-6-17(16)15-20)21-18-8-10-19(11-9-18)22-13-3-4-14-22/h1-2,5-12,15,21H,3-4,13-14H2. The van der Waals surface area contributed by atoms with E-state index in [4.69, 9.17) is 0 Å². The number of nitrogens with zero attached hydrogens (tertiary/aromatic N) is 1. The van der Waals surface area contributed by atoms with E-state index in [2.05, 4.69) is 9.62 Å². The summed E-state index contributed by atoms with van der Waals surface area (Å²) < 4.78 is 28.0. The van der Waals surface area contributed by atoms with Crippen LogP contribution in [-0.2, 0) is 10.0 Å². The van der Waals surface area contributed by atoms with Crippen molar-refractivity contribution in [3.63, 3.8) is 0 Å². The Bertz CT molecular complexity index is 992. The Kier molecular flexibility index (Phi) is 4.09. The Morgan fingerprint density at radius 3 is 2.20 bits per heavy atom. The van der Waals surface area contributed by atoms with Crippen molar-refractivity contribution in [2.75, 3.05) is 22.7 Å². The van der Waals surface area contributed by atoms with E-state index in [-0.39, 0.29) is 4.90 Å². The lowest BCUT2D eigenvalue weighted by Gasteiger charge is -2.18. The maximum absolute atomic E-state index is 12.7. The van der Waals surface area contributed by atoms with Crippen LogP contribution in [0.2, 0.25) is 0 Å². The van der Waals surface area contributed by atoms with Crippen LogP contribution in [0.4, 0.5) is 11.4 Å². The highest BCUT2D eigenvalue weighted by atomic mass is 32.2. The monoisotopic (exact) mass is 352 g/mol. The van der Waals surface area contributed by atoms with Crippen LogP contribution in [0.15, 0.2) is 71.6 Å². The summed E-state index contributed by atoms with van der Waals surface area (Å²) in [5.74, 6) is 0. The van der Waals surface area contributed by atoms with Crippen molar-refractivity contribution in [1.82, 2.24) is 0 Å². The normalized spacial score (nSPS) is 14.8. The van der Waals surface area contributed by atoms with E-state index in [1.165, 1.54) is 12.8 Å². The lowest BCUT2D eigenvalue weighted by atomic mass is 10.1. The highest BCUT2D eigenvalue weighted by Crippen LogP contribution is 2.24. The number of hydrogen-bond acceptors (Lipinski definition) is 3. The molecule has 128 valence electrons. The van der Waals surface area contributed by atoms with E-state index in [1.54, 1.807) is 12.1 Å². The molecule has 3 aromatic rings. The zero-order valence-electron chi connectivity index (χ0n) is 13.9.